The molecule has 0 radical (unpaired) electrons. The van der Waals surface area contributed by atoms with Crippen LogP contribution in [0.15, 0.2) is 71.6 Å². The lowest BCUT2D eigenvalue weighted by Crippen LogP contribution is -2.36. The minimum atomic E-state index is -4.68. The maximum Gasteiger partial charge on any atom is 0.416 e. The van der Waals surface area contributed by atoms with Gasteiger partial charge in [-0.3, -0.25) is 4.79 Å². The summed E-state index contributed by atoms with van der Waals surface area (Å²) in [6, 6.07) is 15.0. The third-order valence-electron chi connectivity index (χ3n) is 7.12. The van der Waals surface area contributed by atoms with Gasteiger partial charge in [0.25, 0.3) is 0 Å². The maximum absolute atomic E-state index is 13.3. The maximum atomic E-state index is 13.3. The molecule has 0 bridgehead atoms. The van der Waals surface area contributed by atoms with E-state index in [2.05, 4.69) is 29.2 Å². The fourth-order valence-electron chi connectivity index (χ4n) is 4.81. The number of benzene rings is 3. The van der Waals surface area contributed by atoms with Crippen LogP contribution < -0.4 is 20.1 Å². The number of carbonyl (C=O) groups excluding carboxylic acids is 1. The zero-order chi connectivity index (χ0) is 31.2. The van der Waals surface area contributed by atoms with Crippen LogP contribution in [0.2, 0.25) is 5.02 Å². The zero-order valence-corrected chi connectivity index (χ0v) is 25.5. The molecule has 2 unspecified atom stereocenters. The first-order chi connectivity index (χ1) is 20.3. The molecule has 1 heterocycles. The Bertz CT molecular complexity index is 1520. The van der Waals surface area contributed by atoms with Gasteiger partial charge in [-0.05, 0) is 54.3 Å². The van der Waals surface area contributed by atoms with E-state index in [1.54, 1.807) is 30.3 Å². The van der Waals surface area contributed by atoms with Gasteiger partial charge in [-0.2, -0.15) is 13.2 Å². The largest absolute Gasteiger partial charge is 0.493 e. The van der Waals surface area contributed by atoms with Gasteiger partial charge in [0.05, 0.1) is 29.3 Å². The Kier molecular flexibility index (Phi) is 10.8. The molecule has 1 aliphatic heterocycles. The average molecular weight is 638 g/mol. The number of nitrogens with one attached hydrogen (secondary N) is 3. The van der Waals surface area contributed by atoms with Crippen LogP contribution in [0.5, 0.6) is 5.75 Å². The molecule has 12 heteroatoms. The van der Waals surface area contributed by atoms with Crippen LogP contribution in [0.25, 0.3) is 0 Å². The molecule has 3 N–H and O–H groups in total. The number of alkyl halides is 3. The monoisotopic (exact) mass is 637 g/mol. The average Bonchev–Trinajstić information content (AvgIpc) is 2.94. The van der Waals surface area contributed by atoms with Gasteiger partial charge in [-0.15, -0.1) is 0 Å². The molecule has 0 spiro atoms. The normalized spacial score (nSPS) is 15.9. The van der Waals surface area contributed by atoms with Crippen LogP contribution >= 0.6 is 11.6 Å². The number of fused-ring (bicyclic) bond motifs is 1. The highest BCUT2D eigenvalue weighted by Crippen LogP contribution is 2.35. The summed E-state index contributed by atoms with van der Waals surface area (Å²) in [6.45, 7) is 6.36. The number of carbonyl (C=O) groups is 1. The third kappa shape index (κ3) is 8.95. The SMILES string of the molecule is CC(C)CCNCc1ccc2c(c1)OCCC2NC(=O)CC(NS(=O)(=O)c1ccc(C(F)(F)F)cc1Cl)c1ccccc1. The second kappa shape index (κ2) is 14.1. The van der Waals surface area contributed by atoms with Crippen molar-refractivity contribution >= 4 is 27.5 Å². The Morgan fingerprint density at radius 1 is 1.07 bits per heavy atom. The van der Waals surface area contributed by atoms with Gasteiger partial charge >= 0.3 is 6.18 Å². The molecule has 1 amide bonds. The molecule has 0 fully saturated rings. The summed E-state index contributed by atoms with van der Waals surface area (Å²) in [5.74, 6) is 0.896. The quantitative estimate of drug-likeness (QED) is 0.196. The Hall–Kier alpha value is -3.12. The van der Waals surface area contributed by atoms with Crippen LogP contribution in [-0.4, -0.2) is 27.5 Å². The van der Waals surface area contributed by atoms with E-state index < -0.39 is 43.6 Å². The number of hydrogen-bond acceptors (Lipinski definition) is 5. The number of hydrogen-bond donors (Lipinski definition) is 3. The van der Waals surface area contributed by atoms with Crippen LogP contribution in [0.4, 0.5) is 13.2 Å². The molecule has 0 aromatic heterocycles. The lowest BCUT2D eigenvalue weighted by atomic mass is 9.98. The fourth-order valence-corrected chi connectivity index (χ4v) is 6.58. The van der Waals surface area contributed by atoms with Crippen molar-refractivity contribution in [1.29, 1.82) is 0 Å². The highest BCUT2D eigenvalue weighted by atomic mass is 35.5. The topological polar surface area (TPSA) is 96.5 Å². The van der Waals surface area contributed by atoms with Gasteiger partial charge in [0, 0.05) is 24.9 Å². The van der Waals surface area contributed by atoms with Crippen molar-refractivity contribution in [3.05, 3.63) is 94.0 Å². The van der Waals surface area contributed by atoms with Gasteiger partial charge in [0.15, 0.2) is 0 Å². The smallest absolute Gasteiger partial charge is 0.416 e. The van der Waals surface area contributed by atoms with Crippen LogP contribution in [0, 0.1) is 5.92 Å². The molecule has 3 aromatic rings. The van der Waals surface area contributed by atoms with Crippen LogP contribution in [0.1, 0.15) is 67.4 Å². The molecule has 0 saturated heterocycles. The molecule has 1 aliphatic rings. The third-order valence-corrected chi connectivity index (χ3v) is 9.07. The molecule has 2 atom stereocenters. The minimum absolute atomic E-state index is 0.258. The van der Waals surface area contributed by atoms with E-state index in [9.17, 15) is 26.4 Å². The molecular formula is C31H35ClF3N3O4S. The summed E-state index contributed by atoms with van der Waals surface area (Å²) >= 11 is 5.98. The van der Waals surface area contributed by atoms with Gasteiger partial charge < -0.3 is 15.4 Å². The van der Waals surface area contributed by atoms with E-state index in [1.165, 1.54) is 0 Å². The highest BCUT2D eigenvalue weighted by molar-refractivity contribution is 7.89. The van der Waals surface area contributed by atoms with E-state index in [-0.39, 0.29) is 12.5 Å². The van der Waals surface area contributed by atoms with Gasteiger partial charge in [-0.25, -0.2) is 13.1 Å². The van der Waals surface area contributed by atoms with E-state index in [0.29, 0.717) is 48.9 Å². The molecule has 4 rings (SSSR count). The number of sulfonamides is 1. The first-order valence-electron chi connectivity index (χ1n) is 14.0. The van der Waals surface area contributed by atoms with Gasteiger partial charge in [0.1, 0.15) is 10.6 Å². The standard InChI is InChI=1S/C31H35ClF3N3O4S/c1-20(2)12-14-36-19-21-8-10-24-26(13-15-42-28(24)16-21)37-30(39)18-27(22-6-4-3-5-7-22)38-43(40,41)29-11-9-23(17-25(29)32)31(33,34)35/h3-11,16-17,20,26-27,36,38H,12-15,18-19H2,1-2H3,(H,37,39). The molecular weight excluding hydrogens is 603 g/mol. The Labute approximate surface area is 255 Å². The molecule has 43 heavy (non-hydrogen) atoms. The number of rotatable bonds is 12. The first kappa shape index (κ1) is 32.8. The second-order valence-electron chi connectivity index (χ2n) is 10.9. The number of halogens is 4. The Balaban J connectivity index is 1.48. The summed E-state index contributed by atoms with van der Waals surface area (Å²) < 4.78 is 74.1. The second-order valence-corrected chi connectivity index (χ2v) is 13.0. The molecule has 232 valence electrons. The van der Waals surface area contributed by atoms with Crippen molar-refractivity contribution in [3.63, 3.8) is 0 Å². The molecule has 7 nitrogen and oxygen atoms in total. The number of amides is 1. The van der Waals surface area contributed by atoms with E-state index in [0.717, 1.165) is 30.2 Å². The first-order valence-corrected chi connectivity index (χ1v) is 15.9. The van der Waals surface area contributed by atoms with Gasteiger partial charge in [0.2, 0.25) is 15.9 Å². The fraction of sp³-hybridized carbons (Fsp3) is 0.387. The Morgan fingerprint density at radius 3 is 2.49 bits per heavy atom. The molecule has 3 aromatic carbocycles. The van der Waals surface area contributed by atoms with Crippen molar-refractivity contribution in [1.82, 2.24) is 15.4 Å². The lowest BCUT2D eigenvalue weighted by molar-refractivity contribution is -0.137. The van der Waals surface area contributed by atoms with E-state index in [4.69, 9.17) is 16.3 Å². The van der Waals surface area contributed by atoms with Crippen molar-refractivity contribution in [2.24, 2.45) is 5.92 Å². The molecule has 0 saturated carbocycles. The molecule has 0 aliphatic carbocycles. The van der Waals surface area contributed by atoms with Crippen LogP contribution in [-0.2, 0) is 27.5 Å². The predicted molar refractivity (Wildman–Crippen MR) is 159 cm³/mol. The lowest BCUT2D eigenvalue weighted by Gasteiger charge is -2.28. The Morgan fingerprint density at radius 2 is 1.81 bits per heavy atom. The number of ether oxygens (including phenoxy) is 1. The van der Waals surface area contributed by atoms with Crippen molar-refractivity contribution in [3.8, 4) is 5.75 Å². The van der Waals surface area contributed by atoms with Crippen LogP contribution in [0.3, 0.4) is 0 Å². The zero-order valence-electron chi connectivity index (χ0n) is 23.9. The van der Waals surface area contributed by atoms with E-state index in [1.807, 2.05) is 18.2 Å². The van der Waals surface area contributed by atoms with Gasteiger partial charge in [-0.1, -0.05) is 67.9 Å². The summed E-state index contributed by atoms with van der Waals surface area (Å²) in [7, 11) is -4.40. The minimum Gasteiger partial charge on any atom is -0.493 e. The van der Waals surface area contributed by atoms with Crippen molar-refractivity contribution in [2.45, 2.75) is 62.8 Å². The summed E-state index contributed by atoms with van der Waals surface area (Å²) in [4.78, 5) is 12.8. The summed E-state index contributed by atoms with van der Waals surface area (Å²) in [5, 5.41) is 5.85. The van der Waals surface area contributed by atoms with E-state index >= 15 is 0 Å². The predicted octanol–water partition coefficient (Wildman–Crippen LogP) is 6.54. The van der Waals surface area contributed by atoms with Crippen molar-refractivity contribution < 1.29 is 31.1 Å². The van der Waals surface area contributed by atoms with Crippen molar-refractivity contribution in [2.75, 3.05) is 13.2 Å². The summed E-state index contributed by atoms with van der Waals surface area (Å²) in [6.07, 6.45) is -3.33. The summed E-state index contributed by atoms with van der Waals surface area (Å²) in [5.41, 5.74) is 1.34. The highest BCUT2D eigenvalue weighted by Gasteiger charge is 2.33.